The molecule has 2 aliphatic rings. The number of ether oxygens (including phenoxy) is 2. The summed E-state index contributed by atoms with van der Waals surface area (Å²) in [6.07, 6.45) is -0.663. The summed E-state index contributed by atoms with van der Waals surface area (Å²) < 4.78 is 10.6. The van der Waals surface area contributed by atoms with Crippen LogP contribution in [-0.2, 0) is 9.47 Å². The molecule has 0 aliphatic carbocycles. The van der Waals surface area contributed by atoms with Crippen LogP contribution in [0.5, 0.6) is 0 Å². The second-order valence-electron chi connectivity index (χ2n) is 6.18. The maximum absolute atomic E-state index is 11.9. The smallest absolute Gasteiger partial charge is 0.410 e. The summed E-state index contributed by atoms with van der Waals surface area (Å²) in [5.41, 5.74) is -0.455. The molecule has 2 aliphatic heterocycles. The van der Waals surface area contributed by atoms with Gasteiger partial charge in [-0.3, -0.25) is 4.90 Å². The van der Waals surface area contributed by atoms with E-state index in [0.29, 0.717) is 26.3 Å². The largest absolute Gasteiger partial charge is 0.444 e. The average Bonchev–Trinajstić information content (AvgIpc) is 2.73. The van der Waals surface area contributed by atoms with Crippen LogP contribution < -0.4 is 0 Å². The molecule has 6 heteroatoms. The number of hydrogen-bond acceptors (Lipinski definition) is 5. The Balaban J connectivity index is 1.80. The molecule has 6 nitrogen and oxygen atoms in total. The summed E-state index contributed by atoms with van der Waals surface area (Å²) in [6.45, 7) is 9.38. The van der Waals surface area contributed by atoms with E-state index in [0.717, 1.165) is 13.1 Å². The molecule has 0 bridgehead atoms. The van der Waals surface area contributed by atoms with Gasteiger partial charge in [-0.25, -0.2) is 4.79 Å². The maximum Gasteiger partial charge on any atom is 0.410 e. The molecule has 2 fully saturated rings. The fourth-order valence-electron chi connectivity index (χ4n) is 2.44. The van der Waals surface area contributed by atoms with Gasteiger partial charge in [0.2, 0.25) is 0 Å². The van der Waals surface area contributed by atoms with Gasteiger partial charge in [-0.05, 0) is 20.8 Å². The third-order valence-corrected chi connectivity index (χ3v) is 3.46. The molecule has 1 N–H and O–H groups in total. The summed E-state index contributed by atoms with van der Waals surface area (Å²) >= 11 is 0. The monoisotopic (exact) mass is 272 g/mol. The Kier molecular flexibility index (Phi) is 4.32. The van der Waals surface area contributed by atoms with Crippen LogP contribution in [0.3, 0.4) is 0 Å². The van der Waals surface area contributed by atoms with Crippen molar-refractivity contribution in [2.75, 3.05) is 39.4 Å². The molecule has 2 saturated heterocycles. The van der Waals surface area contributed by atoms with Gasteiger partial charge in [0.1, 0.15) is 5.60 Å². The van der Waals surface area contributed by atoms with Gasteiger partial charge in [0.25, 0.3) is 0 Å². The van der Waals surface area contributed by atoms with Crippen LogP contribution in [0.1, 0.15) is 20.8 Å². The predicted octanol–water partition coefficient (Wildman–Crippen LogP) is 0.299. The van der Waals surface area contributed by atoms with Crippen molar-refractivity contribution < 1.29 is 19.4 Å². The van der Waals surface area contributed by atoms with Crippen molar-refractivity contribution >= 4 is 6.09 Å². The highest BCUT2D eigenvalue weighted by Gasteiger charge is 2.34. The average molecular weight is 272 g/mol. The number of rotatable bonds is 1. The molecule has 2 heterocycles. The first-order valence-corrected chi connectivity index (χ1v) is 6.84. The topological polar surface area (TPSA) is 62.2 Å². The first kappa shape index (κ1) is 14.6. The van der Waals surface area contributed by atoms with E-state index >= 15 is 0 Å². The van der Waals surface area contributed by atoms with Crippen molar-refractivity contribution in [3.63, 3.8) is 0 Å². The Morgan fingerprint density at radius 1 is 1.21 bits per heavy atom. The van der Waals surface area contributed by atoms with E-state index in [1.165, 1.54) is 0 Å². The highest BCUT2D eigenvalue weighted by Crippen LogP contribution is 2.17. The Morgan fingerprint density at radius 3 is 2.32 bits per heavy atom. The van der Waals surface area contributed by atoms with Crippen LogP contribution in [0, 0.1) is 0 Å². The second-order valence-corrected chi connectivity index (χ2v) is 6.18. The van der Waals surface area contributed by atoms with Gasteiger partial charge in [-0.1, -0.05) is 0 Å². The molecule has 0 radical (unpaired) electrons. The highest BCUT2D eigenvalue weighted by atomic mass is 16.6. The summed E-state index contributed by atoms with van der Waals surface area (Å²) in [5, 5.41) is 9.80. The number of nitrogens with zero attached hydrogens (tertiary/aromatic N) is 2. The fraction of sp³-hybridized carbons (Fsp3) is 0.923. The fourth-order valence-corrected chi connectivity index (χ4v) is 2.44. The predicted molar refractivity (Wildman–Crippen MR) is 70.0 cm³/mol. The molecule has 0 aromatic carbocycles. The zero-order valence-corrected chi connectivity index (χ0v) is 12.0. The van der Waals surface area contributed by atoms with E-state index in [1.54, 1.807) is 4.90 Å². The van der Waals surface area contributed by atoms with Crippen LogP contribution >= 0.6 is 0 Å². The number of amides is 1. The SMILES string of the molecule is CC(C)(C)OC(=O)N1CCN(C2COCC2O)CC1. The van der Waals surface area contributed by atoms with E-state index in [-0.39, 0.29) is 12.1 Å². The quantitative estimate of drug-likeness (QED) is 0.744. The highest BCUT2D eigenvalue weighted by molar-refractivity contribution is 5.68. The molecule has 0 saturated carbocycles. The molecular formula is C13H24N2O4. The van der Waals surface area contributed by atoms with Gasteiger partial charge >= 0.3 is 6.09 Å². The van der Waals surface area contributed by atoms with E-state index in [4.69, 9.17) is 9.47 Å². The van der Waals surface area contributed by atoms with Gasteiger partial charge in [0.05, 0.1) is 25.4 Å². The van der Waals surface area contributed by atoms with Gasteiger partial charge in [0.15, 0.2) is 0 Å². The number of piperazine rings is 1. The lowest BCUT2D eigenvalue weighted by molar-refractivity contribution is 0.00310. The van der Waals surface area contributed by atoms with Crippen LogP contribution in [0.2, 0.25) is 0 Å². The minimum atomic E-state index is -0.455. The number of aliphatic hydroxyl groups is 1. The van der Waals surface area contributed by atoms with Gasteiger partial charge in [-0.2, -0.15) is 0 Å². The Labute approximate surface area is 114 Å². The number of carbonyl (C=O) groups excluding carboxylic acids is 1. The van der Waals surface area contributed by atoms with Gasteiger partial charge in [0, 0.05) is 26.2 Å². The second kappa shape index (κ2) is 5.64. The third kappa shape index (κ3) is 3.81. The van der Waals surface area contributed by atoms with Gasteiger partial charge < -0.3 is 19.5 Å². The van der Waals surface area contributed by atoms with Crippen molar-refractivity contribution in [1.29, 1.82) is 0 Å². The molecule has 19 heavy (non-hydrogen) atoms. The molecule has 2 unspecified atom stereocenters. The van der Waals surface area contributed by atoms with E-state index in [2.05, 4.69) is 4.90 Å². The number of aliphatic hydroxyl groups excluding tert-OH is 1. The molecule has 0 aromatic rings. The first-order chi connectivity index (χ1) is 8.87. The van der Waals surface area contributed by atoms with Crippen LogP contribution in [0.4, 0.5) is 4.79 Å². The lowest BCUT2D eigenvalue weighted by Crippen LogP contribution is -2.55. The summed E-state index contributed by atoms with van der Waals surface area (Å²) in [4.78, 5) is 15.8. The molecule has 2 atom stereocenters. The lowest BCUT2D eigenvalue weighted by atomic mass is 10.1. The molecular weight excluding hydrogens is 248 g/mol. The van der Waals surface area contributed by atoms with Crippen LogP contribution in [-0.4, -0.2) is 78.1 Å². The minimum absolute atomic E-state index is 0.0702. The molecule has 2 rings (SSSR count). The normalized spacial score (nSPS) is 29.6. The number of carbonyl (C=O) groups is 1. The van der Waals surface area contributed by atoms with Crippen molar-refractivity contribution in [2.45, 2.75) is 38.5 Å². The molecule has 0 aromatic heterocycles. The summed E-state index contributed by atoms with van der Waals surface area (Å²) in [5.74, 6) is 0. The van der Waals surface area contributed by atoms with Gasteiger partial charge in [-0.15, -0.1) is 0 Å². The third-order valence-electron chi connectivity index (χ3n) is 3.46. The Bertz CT molecular complexity index is 321. The number of hydrogen-bond donors (Lipinski definition) is 1. The van der Waals surface area contributed by atoms with E-state index < -0.39 is 11.7 Å². The lowest BCUT2D eigenvalue weighted by Gasteiger charge is -2.38. The Hall–Kier alpha value is -0.850. The zero-order chi connectivity index (χ0) is 14.0. The minimum Gasteiger partial charge on any atom is -0.444 e. The molecule has 1 amide bonds. The van der Waals surface area contributed by atoms with Crippen LogP contribution in [0.15, 0.2) is 0 Å². The van der Waals surface area contributed by atoms with Crippen molar-refractivity contribution in [3.05, 3.63) is 0 Å². The van der Waals surface area contributed by atoms with Crippen molar-refractivity contribution in [1.82, 2.24) is 9.80 Å². The molecule has 0 spiro atoms. The summed E-state index contributed by atoms with van der Waals surface area (Å²) in [6, 6.07) is 0.0702. The van der Waals surface area contributed by atoms with Crippen LogP contribution in [0.25, 0.3) is 0 Å². The molecule has 110 valence electrons. The van der Waals surface area contributed by atoms with Crippen molar-refractivity contribution in [2.24, 2.45) is 0 Å². The van der Waals surface area contributed by atoms with E-state index in [1.807, 2.05) is 20.8 Å². The standard InChI is InChI=1S/C13H24N2O4/c1-13(2,3)19-12(17)15-6-4-14(5-7-15)10-8-18-9-11(10)16/h10-11,16H,4-9H2,1-3H3. The summed E-state index contributed by atoms with van der Waals surface area (Å²) in [7, 11) is 0. The Morgan fingerprint density at radius 2 is 1.84 bits per heavy atom. The zero-order valence-electron chi connectivity index (χ0n) is 12.0. The van der Waals surface area contributed by atoms with E-state index in [9.17, 15) is 9.90 Å². The van der Waals surface area contributed by atoms with Crippen molar-refractivity contribution in [3.8, 4) is 0 Å². The first-order valence-electron chi connectivity index (χ1n) is 6.84. The maximum atomic E-state index is 11.9.